The first-order valence-corrected chi connectivity index (χ1v) is 4.67. The van der Waals surface area contributed by atoms with Crippen LogP contribution in [0.25, 0.3) is 10.1 Å². The van der Waals surface area contributed by atoms with Crippen LogP contribution >= 0.6 is 11.3 Å². The van der Waals surface area contributed by atoms with Gasteiger partial charge < -0.3 is 5.73 Å². The van der Waals surface area contributed by atoms with E-state index in [2.05, 4.69) is 0 Å². The molecule has 5 heteroatoms. The summed E-state index contributed by atoms with van der Waals surface area (Å²) in [6.07, 6.45) is -2.79. The number of thiophene rings is 1. The molecule has 1 heterocycles. The highest BCUT2D eigenvalue weighted by atomic mass is 32.1. The molecule has 0 amide bonds. The summed E-state index contributed by atoms with van der Waals surface area (Å²) in [6, 6.07) is 4.11. The van der Waals surface area contributed by atoms with Crippen molar-refractivity contribution >= 4 is 26.4 Å². The minimum absolute atomic E-state index is 0.195. The van der Waals surface area contributed by atoms with Gasteiger partial charge in [0.25, 0.3) is 6.43 Å². The zero-order chi connectivity index (χ0) is 10.3. The molecule has 0 aliphatic rings. The van der Waals surface area contributed by atoms with Gasteiger partial charge in [-0.1, -0.05) is 6.07 Å². The Hall–Kier alpha value is -1.23. The summed E-state index contributed by atoms with van der Waals surface area (Å²) in [6.45, 7) is 0. The van der Waals surface area contributed by atoms with E-state index in [1.807, 2.05) is 0 Å². The van der Waals surface area contributed by atoms with Crippen LogP contribution in [0.3, 0.4) is 0 Å². The molecule has 0 aliphatic carbocycles. The first-order valence-electron chi connectivity index (χ1n) is 3.85. The van der Waals surface area contributed by atoms with E-state index in [1.54, 1.807) is 6.07 Å². The molecule has 2 N–H and O–H groups in total. The number of hydrogen-bond acceptors (Lipinski definition) is 2. The van der Waals surface area contributed by atoms with Gasteiger partial charge in [0.15, 0.2) is 0 Å². The second-order valence-corrected chi connectivity index (χ2v) is 3.92. The third-order valence-electron chi connectivity index (χ3n) is 1.91. The fraction of sp³-hybridized carbons (Fsp3) is 0.111. The number of anilines is 1. The zero-order valence-corrected chi connectivity index (χ0v) is 7.75. The van der Waals surface area contributed by atoms with Crippen molar-refractivity contribution in [2.45, 2.75) is 6.43 Å². The molecule has 0 bridgehead atoms. The Morgan fingerprint density at radius 2 is 2.00 bits per heavy atom. The van der Waals surface area contributed by atoms with E-state index in [4.69, 9.17) is 5.73 Å². The van der Waals surface area contributed by atoms with E-state index in [0.717, 1.165) is 17.4 Å². The molecule has 1 nitrogen and oxygen atoms in total. The third kappa shape index (κ3) is 1.33. The molecule has 0 atom stereocenters. The van der Waals surface area contributed by atoms with Crippen molar-refractivity contribution in [2.75, 3.05) is 5.73 Å². The normalized spacial score (nSPS) is 11.4. The highest BCUT2D eigenvalue weighted by Crippen LogP contribution is 2.34. The number of fused-ring (bicyclic) bond motifs is 1. The zero-order valence-electron chi connectivity index (χ0n) is 6.93. The molecule has 0 unspecified atom stereocenters. The Bertz CT molecular complexity index is 478. The monoisotopic (exact) mass is 217 g/mol. The van der Waals surface area contributed by atoms with E-state index in [1.165, 1.54) is 6.07 Å². The van der Waals surface area contributed by atoms with Crippen LogP contribution in [0.5, 0.6) is 0 Å². The predicted octanol–water partition coefficient (Wildman–Crippen LogP) is 3.56. The van der Waals surface area contributed by atoms with Crippen LogP contribution in [-0.4, -0.2) is 0 Å². The number of hydrogen-bond donors (Lipinski definition) is 1. The lowest BCUT2D eigenvalue weighted by Crippen LogP contribution is -1.89. The van der Waals surface area contributed by atoms with Crippen molar-refractivity contribution in [1.82, 2.24) is 0 Å². The minimum atomic E-state index is -2.79. The van der Waals surface area contributed by atoms with Crippen LogP contribution in [0.2, 0.25) is 0 Å². The summed E-state index contributed by atoms with van der Waals surface area (Å²) in [4.78, 5) is 0. The summed E-state index contributed by atoms with van der Waals surface area (Å²) >= 11 is 0.980. The molecule has 2 aromatic rings. The van der Waals surface area contributed by atoms with Crippen LogP contribution in [0, 0.1) is 5.82 Å². The topological polar surface area (TPSA) is 26.0 Å². The van der Waals surface area contributed by atoms with E-state index in [-0.39, 0.29) is 4.70 Å². The second-order valence-electron chi connectivity index (χ2n) is 2.84. The molecule has 1 aromatic carbocycles. The van der Waals surface area contributed by atoms with Crippen LogP contribution in [0.15, 0.2) is 18.2 Å². The molecular weight excluding hydrogens is 211 g/mol. The van der Waals surface area contributed by atoms with Gasteiger partial charge in [-0.25, -0.2) is 13.2 Å². The van der Waals surface area contributed by atoms with Gasteiger partial charge >= 0.3 is 0 Å². The van der Waals surface area contributed by atoms with Gasteiger partial charge in [-0.05, 0) is 17.5 Å². The fourth-order valence-electron chi connectivity index (χ4n) is 1.27. The highest BCUT2D eigenvalue weighted by molar-refractivity contribution is 7.22. The van der Waals surface area contributed by atoms with E-state index >= 15 is 0 Å². The van der Waals surface area contributed by atoms with Gasteiger partial charge in [0.2, 0.25) is 0 Å². The lowest BCUT2D eigenvalue weighted by molar-refractivity contribution is 0.147. The smallest absolute Gasteiger partial charge is 0.266 e. The third-order valence-corrected chi connectivity index (χ3v) is 2.88. The molecule has 74 valence electrons. The number of rotatable bonds is 1. The summed E-state index contributed by atoms with van der Waals surface area (Å²) < 4.78 is 38.2. The molecule has 1 aromatic heterocycles. The van der Waals surface area contributed by atoms with Crippen molar-refractivity contribution < 1.29 is 13.2 Å². The van der Waals surface area contributed by atoms with Crippen molar-refractivity contribution in [2.24, 2.45) is 0 Å². The summed E-state index contributed by atoms with van der Waals surface area (Å²) in [5.74, 6) is -0.862. The van der Waals surface area contributed by atoms with Gasteiger partial charge in [-0.2, -0.15) is 0 Å². The number of nitrogens with two attached hydrogens (primary N) is 1. The lowest BCUT2D eigenvalue weighted by atomic mass is 10.1. The number of halogens is 3. The molecule has 0 saturated carbocycles. The standard InChI is InChI=1S/C9H6F3NS/c10-7-5(9(11)12)2-1-4-3-6(13)14-8(4)7/h1-3,9H,13H2. The van der Waals surface area contributed by atoms with E-state index < -0.39 is 17.8 Å². The van der Waals surface area contributed by atoms with E-state index in [0.29, 0.717) is 10.4 Å². The number of alkyl halides is 2. The molecular formula is C9H6F3NS. The average molecular weight is 217 g/mol. The quantitative estimate of drug-likeness (QED) is 0.776. The average Bonchev–Trinajstić information content (AvgIpc) is 2.46. The lowest BCUT2D eigenvalue weighted by Gasteiger charge is -2.01. The first-order chi connectivity index (χ1) is 6.59. The van der Waals surface area contributed by atoms with Gasteiger partial charge in [0, 0.05) is 0 Å². The Balaban J connectivity index is 2.74. The second kappa shape index (κ2) is 3.16. The Kier molecular flexibility index (Phi) is 2.11. The van der Waals surface area contributed by atoms with E-state index in [9.17, 15) is 13.2 Å². The summed E-state index contributed by atoms with van der Waals surface area (Å²) in [5.41, 5.74) is 4.88. The highest BCUT2D eigenvalue weighted by Gasteiger charge is 2.16. The Morgan fingerprint density at radius 3 is 2.64 bits per heavy atom. The van der Waals surface area contributed by atoms with Gasteiger partial charge in [0.05, 0.1) is 15.3 Å². The van der Waals surface area contributed by atoms with Crippen LogP contribution in [0.1, 0.15) is 12.0 Å². The molecule has 0 radical (unpaired) electrons. The van der Waals surface area contributed by atoms with Crippen molar-refractivity contribution in [3.05, 3.63) is 29.6 Å². The number of benzene rings is 1. The molecule has 0 aliphatic heterocycles. The minimum Gasteiger partial charge on any atom is -0.391 e. The SMILES string of the molecule is Nc1cc2ccc(C(F)F)c(F)c2s1. The number of nitrogen functional groups attached to an aromatic ring is 1. The largest absolute Gasteiger partial charge is 0.391 e. The molecule has 0 fully saturated rings. The van der Waals surface area contributed by atoms with Crippen LogP contribution < -0.4 is 5.73 Å². The van der Waals surface area contributed by atoms with Gasteiger partial charge in [-0.15, -0.1) is 11.3 Å². The summed E-state index contributed by atoms with van der Waals surface area (Å²) in [5, 5.41) is 0.986. The van der Waals surface area contributed by atoms with Gasteiger partial charge in [-0.3, -0.25) is 0 Å². The Morgan fingerprint density at radius 1 is 1.29 bits per heavy atom. The van der Waals surface area contributed by atoms with Crippen molar-refractivity contribution in [3.63, 3.8) is 0 Å². The molecule has 2 rings (SSSR count). The molecule has 0 saturated heterocycles. The van der Waals surface area contributed by atoms with Crippen molar-refractivity contribution in [3.8, 4) is 0 Å². The fourth-order valence-corrected chi connectivity index (χ4v) is 2.15. The maximum absolute atomic E-state index is 13.4. The van der Waals surface area contributed by atoms with Crippen molar-refractivity contribution in [1.29, 1.82) is 0 Å². The molecule has 0 spiro atoms. The predicted molar refractivity (Wildman–Crippen MR) is 51.2 cm³/mol. The maximum Gasteiger partial charge on any atom is 0.266 e. The summed E-state index contributed by atoms with van der Waals surface area (Å²) in [7, 11) is 0. The first kappa shape index (κ1) is 9.33. The van der Waals surface area contributed by atoms with Crippen LogP contribution in [0.4, 0.5) is 18.2 Å². The van der Waals surface area contributed by atoms with Crippen LogP contribution in [-0.2, 0) is 0 Å². The molecule has 14 heavy (non-hydrogen) atoms. The van der Waals surface area contributed by atoms with Gasteiger partial charge in [0.1, 0.15) is 5.82 Å². The maximum atomic E-state index is 13.4. The Labute approximate surface area is 82.0 Å².